The predicted molar refractivity (Wildman–Crippen MR) is 85.7 cm³/mol. The Morgan fingerprint density at radius 1 is 1.04 bits per heavy atom. The minimum absolute atomic E-state index is 0.135. The summed E-state index contributed by atoms with van der Waals surface area (Å²) in [4.78, 5) is 25.0. The van der Waals surface area contributed by atoms with E-state index >= 15 is 0 Å². The summed E-state index contributed by atoms with van der Waals surface area (Å²) in [7, 11) is 0. The van der Waals surface area contributed by atoms with Gasteiger partial charge in [0.15, 0.2) is 0 Å². The zero-order valence-electron chi connectivity index (χ0n) is 12.6. The maximum Gasteiger partial charge on any atom is 0.323 e. The van der Waals surface area contributed by atoms with Gasteiger partial charge >= 0.3 is 5.97 Å². The van der Waals surface area contributed by atoms with Crippen molar-refractivity contribution in [1.29, 1.82) is 0 Å². The normalized spacial score (nSPS) is 21.2. The lowest BCUT2D eigenvalue weighted by Crippen LogP contribution is -2.53. The van der Waals surface area contributed by atoms with E-state index in [1.165, 1.54) is 4.90 Å². The van der Waals surface area contributed by atoms with E-state index in [4.69, 9.17) is 0 Å². The molecular weight excluding hydrogens is 292 g/mol. The number of rotatable bonds is 4. The topological polar surface area (TPSA) is 69.6 Å². The van der Waals surface area contributed by atoms with Crippen LogP contribution < -0.4 is 5.32 Å². The molecule has 0 aromatic heterocycles. The summed E-state index contributed by atoms with van der Waals surface area (Å²) in [6.07, 6.45) is 0. The number of carboxylic acid groups (broad SMARTS) is 1. The van der Waals surface area contributed by atoms with Gasteiger partial charge in [0.2, 0.25) is 5.91 Å². The average molecular weight is 310 g/mol. The van der Waals surface area contributed by atoms with Gasteiger partial charge in [0.1, 0.15) is 6.54 Å². The number of amides is 1. The Hall–Kier alpha value is -2.66. The van der Waals surface area contributed by atoms with Crippen LogP contribution in [0.25, 0.3) is 0 Å². The number of nitrogens with one attached hydrogen (secondary N) is 1. The molecule has 1 saturated heterocycles. The van der Waals surface area contributed by atoms with Crippen LogP contribution in [0.1, 0.15) is 23.2 Å². The third-order valence-corrected chi connectivity index (χ3v) is 4.05. The summed E-state index contributed by atoms with van der Waals surface area (Å²) in [5, 5.41) is 12.4. The van der Waals surface area contributed by atoms with Crippen molar-refractivity contribution in [3.8, 4) is 0 Å². The minimum Gasteiger partial charge on any atom is -0.480 e. The number of carboxylic acids is 1. The van der Waals surface area contributed by atoms with Crippen molar-refractivity contribution in [2.45, 2.75) is 12.1 Å². The number of carbonyl (C=O) groups excluding carboxylic acids is 1. The number of hydrogen-bond donors (Lipinski definition) is 2. The molecule has 0 spiro atoms. The smallest absolute Gasteiger partial charge is 0.323 e. The van der Waals surface area contributed by atoms with E-state index in [1.807, 2.05) is 60.7 Å². The van der Waals surface area contributed by atoms with Gasteiger partial charge in [-0.1, -0.05) is 60.7 Å². The van der Waals surface area contributed by atoms with Crippen molar-refractivity contribution < 1.29 is 14.7 Å². The molecule has 1 aliphatic heterocycles. The molecule has 2 aromatic rings. The van der Waals surface area contributed by atoms with Gasteiger partial charge in [-0.05, 0) is 11.1 Å². The fourth-order valence-electron chi connectivity index (χ4n) is 3.06. The van der Waals surface area contributed by atoms with Gasteiger partial charge in [0.25, 0.3) is 0 Å². The third kappa shape index (κ3) is 3.24. The zero-order chi connectivity index (χ0) is 16.2. The highest BCUT2D eigenvalue weighted by Gasteiger charge is 2.38. The molecule has 1 fully saturated rings. The van der Waals surface area contributed by atoms with Crippen molar-refractivity contribution in [3.05, 3.63) is 71.8 Å². The fourth-order valence-corrected chi connectivity index (χ4v) is 3.06. The van der Waals surface area contributed by atoms with Crippen LogP contribution in [-0.4, -0.2) is 35.0 Å². The first-order valence-electron chi connectivity index (χ1n) is 7.51. The first-order valence-corrected chi connectivity index (χ1v) is 7.51. The van der Waals surface area contributed by atoms with Crippen LogP contribution >= 0.6 is 0 Å². The third-order valence-electron chi connectivity index (χ3n) is 4.05. The average Bonchev–Trinajstić information content (AvgIpc) is 2.58. The summed E-state index contributed by atoms with van der Waals surface area (Å²) in [5.41, 5.74) is 1.95. The first kappa shape index (κ1) is 15.2. The Bertz CT molecular complexity index is 688. The Morgan fingerprint density at radius 3 is 2.17 bits per heavy atom. The van der Waals surface area contributed by atoms with Gasteiger partial charge in [0, 0.05) is 0 Å². The molecule has 2 unspecified atom stereocenters. The highest BCUT2D eigenvalue weighted by Crippen LogP contribution is 2.36. The molecule has 2 N–H and O–H groups in total. The molecule has 23 heavy (non-hydrogen) atoms. The lowest BCUT2D eigenvalue weighted by Gasteiger charge is -2.41. The van der Waals surface area contributed by atoms with Crippen LogP contribution in [0.3, 0.4) is 0 Å². The van der Waals surface area contributed by atoms with Crippen LogP contribution in [0.15, 0.2) is 60.7 Å². The molecule has 1 aliphatic rings. The standard InChI is InChI=1S/C18H18N2O3/c21-15-11-19-17(13-7-3-1-4-8-13)18(20(15)12-16(22)23)14-9-5-2-6-10-14/h1-10,17-19H,11-12H2,(H,22,23). The van der Waals surface area contributed by atoms with Crippen LogP contribution in [0, 0.1) is 0 Å². The Labute approximate surface area is 134 Å². The number of carbonyl (C=O) groups is 2. The van der Waals surface area contributed by atoms with E-state index in [0.29, 0.717) is 0 Å². The molecule has 118 valence electrons. The summed E-state index contributed by atoms with van der Waals surface area (Å²) in [5.74, 6) is -1.21. The van der Waals surface area contributed by atoms with Crippen LogP contribution in [0.2, 0.25) is 0 Å². The highest BCUT2D eigenvalue weighted by molar-refractivity contribution is 5.84. The maximum atomic E-state index is 12.3. The first-order chi connectivity index (χ1) is 11.2. The number of hydrogen-bond acceptors (Lipinski definition) is 3. The molecule has 1 amide bonds. The number of aliphatic carboxylic acids is 1. The molecule has 0 saturated carbocycles. The zero-order valence-corrected chi connectivity index (χ0v) is 12.6. The molecule has 1 heterocycles. The van der Waals surface area contributed by atoms with E-state index in [0.717, 1.165) is 11.1 Å². The Balaban J connectivity index is 2.04. The van der Waals surface area contributed by atoms with Gasteiger partial charge in [-0.15, -0.1) is 0 Å². The Morgan fingerprint density at radius 2 is 1.61 bits per heavy atom. The van der Waals surface area contributed by atoms with E-state index in [2.05, 4.69) is 5.32 Å². The molecule has 0 aliphatic carbocycles. The SMILES string of the molecule is O=C(O)CN1C(=O)CNC(c2ccccc2)C1c1ccccc1. The maximum absolute atomic E-state index is 12.3. The summed E-state index contributed by atoms with van der Waals surface area (Å²) < 4.78 is 0. The largest absolute Gasteiger partial charge is 0.480 e. The predicted octanol–water partition coefficient (Wildman–Crippen LogP) is 1.99. The van der Waals surface area contributed by atoms with Crippen LogP contribution in [0.5, 0.6) is 0 Å². The molecule has 5 heteroatoms. The minimum atomic E-state index is -1.01. The summed E-state index contributed by atoms with van der Waals surface area (Å²) in [6.45, 7) is -0.167. The van der Waals surface area contributed by atoms with Crippen molar-refractivity contribution in [2.75, 3.05) is 13.1 Å². The molecule has 5 nitrogen and oxygen atoms in total. The molecule has 0 bridgehead atoms. The van der Waals surface area contributed by atoms with E-state index in [9.17, 15) is 14.7 Å². The van der Waals surface area contributed by atoms with E-state index < -0.39 is 5.97 Å². The highest BCUT2D eigenvalue weighted by atomic mass is 16.4. The summed E-state index contributed by atoms with van der Waals surface area (Å²) in [6, 6.07) is 18.9. The lowest BCUT2D eigenvalue weighted by molar-refractivity contribution is -0.148. The fraction of sp³-hybridized carbons (Fsp3) is 0.222. The second-order valence-electron chi connectivity index (χ2n) is 5.54. The van der Waals surface area contributed by atoms with Gasteiger partial charge < -0.3 is 10.0 Å². The van der Waals surface area contributed by atoms with Gasteiger partial charge in [-0.3, -0.25) is 14.9 Å². The van der Waals surface area contributed by atoms with Crippen LogP contribution in [-0.2, 0) is 9.59 Å². The number of piperazine rings is 1. The van der Waals surface area contributed by atoms with Crippen molar-refractivity contribution in [2.24, 2.45) is 0 Å². The second kappa shape index (κ2) is 6.62. The quantitative estimate of drug-likeness (QED) is 0.906. The lowest BCUT2D eigenvalue weighted by atomic mass is 9.90. The van der Waals surface area contributed by atoms with Gasteiger partial charge in [0.05, 0.1) is 18.6 Å². The molecule has 3 rings (SSSR count). The van der Waals surface area contributed by atoms with Gasteiger partial charge in [-0.2, -0.15) is 0 Å². The summed E-state index contributed by atoms with van der Waals surface area (Å²) >= 11 is 0. The number of nitrogens with zero attached hydrogens (tertiary/aromatic N) is 1. The van der Waals surface area contributed by atoms with E-state index in [1.54, 1.807) is 0 Å². The van der Waals surface area contributed by atoms with Crippen molar-refractivity contribution in [3.63, 3.8) is 0 Å². The van der Waals surface area contributed by atoms with Crippen molar-refractivity contribution in [1.82, 2.24) is 10.2 Å². The molecule has 2 atom stereocenters. The van der Waals surface area contributed by atoms with Gasteiger partial charge in [-0.25, -0.2) is 0 Å². The van der Waals surface area contributed by atoms with Crippen LogP contribution in [0.4, 0.5) is 0 Å². The van der Waals surface area contributed by atoms with Crippen molar-refractivity contribution >= 4 is 11.9 Å². The monoisotopic (exact) mass is 310 g/mol. The number of benzene rings is 2. The molecule has 2 aromatic carbocycles. The second-order valence-corrected chi connectivity index (χ2v) is 5.54. The van der Waals surface area contributed by atoms with E-state index in [-0.39, 0.29) is 31.1 Å². The Kier molecular flexibility index (Phi) is 4.39. The molecule has 0 radical (unpaired) electrons. The molecular formula is C18H18N2O3.